The molecule has 4 nitrogen and oxygen atoms in total. The molecule has 0 aromatic heterocycles. The van der Waals surface area contributed by atoms with E-state index in [-0.39, 0.29) is 11.7 Å². The molecule has 0 amide bonds. The van der Waals surface area contributed by atoms with E-state index in [2.05, 4.69) is 6.92 Å². The third-order valence-corrected chi connectivity index (χ3v) is 5.48. The number of carboxylic acid groups (broad SMARTS) is 1. The van der Waals surface area contributed by atoms with Gasteiger partial charge in [0.15, 0.2) is 0 Å². The van der Waals surface area contributed by atoms with Crippen LogP contribution in [0.5, 0.6) is 0 Å². The molecular weight excluding hydrogens is 304 g/mol. The van der Waals surface area contributed by atoms with Crippen LogP contribution in [0.3, 0.4) is 0 Å². The Bertz CT molecular complexity index is 413. The molecule has 0 aromatic carbocycles. The van der Waals surface area contributed by atoms with Crippen LogP contribution in [0.25, 0.3) is 0 Å². The average molecular weight is 338 g/mol. The molecule has 2 saturated carbocycles. The third-order valence-electron chi connectivity index (χ3n) is 5.48. The van der Waals surface area contributed by atoms with Gasteiger partial charge in [0.1, 0.15) is 11.6 Å². The molecule has 2 rings (SSSR count). The fraction of sp³-hybridized carbons (Fsp3) is 0.850. The summed E-state index contributed by atoms with van der Waals surface area (Å²) in [7, 11) is 0. The molecule has 24 heavy (non-hydrogen) atoms. The van der Waals surface area contributed by atoms with Crippen LogP contribution in [-0.2, 0) is 14.4 Å². The van der Waals surface area contributed by atoms with Crippen molar-refractivity contribution in [2.45, 2.75) is 85.0 Å². The minimum atomic E-state index is -0.679. The predicted molar refractivity (Wildman–Crippen MR) is 94.8 cm³/mol. The first-order chi connectivity index (χ1) is 11.3. The summed E-state index contributed by atoms with van der Waals surface area (Å²) < 4.78 is 0. The van der Waals surface area contributed by atoms with Crippen LogP contribution < -0.4 is 0 Å². The molecule has 0 bridgehead atoms. The average Bonchev–Trinajstić information content (AvgIpc) is 2.50. The third kappa shape index (κ3) is 8.60. The number of hydrogen-bond acceptors (Lipinski definition) is 3. The van der Waals surface area contributed by atoms with E-state index in [4.69, 9.17) is 5.11 Å². The monoisotopic (exact) mass is 338 g/mol. The summed E-state index contributed by atoms with van der Waals surface area (Å²) in [5, 5.41) is 8.74. The molecule has 138 valence electrons. The van der Waals surface area contributed by atoms with E-state index in [1.165, 1.54) is 25.7 Å². The number of carbonyl (C=O) groups excluding carboxylic acids is 2. The van der Waals surface area contributed by atoms with Crippen molar-refractivity contribution >= 4 is 17.5 Å². The maximum atomic E-state index is 10.8. The Labute approximate surface area is 146 Å². The molecule has 4 heteroatoms. The summed E-state index contributed by atoms with van der Waals surface area (Å²) in [5.41, 5.74) is 0. The zero-order valence-corrected chi connectivity index (χ0v) is 15.6. The van der Waals surface area contributed by atoms with E-state index in [0.717, 1.165) is 38.0 Å². The molecule has 0 heterocycles. The number of Topliss-reactive ketones (excluding diaryl/α,β-unsaturated/α-hetero) is 2. The molecule has 0 spiro atoms. The number of aliphatic carboxylic acids is 1. The van der Waals surface area contributed by atoms with Gasteiger partial charge in [-0.1, -0.05) is 19.8 Å². The smallest absolute Gasteiger partial charge is 0.306 e. The van der Waals surface area contributed by atoms with Gasteiger partial charge in [-0.05, 0) is 70.1 Å². The lowest BCUT2D eigenvalue weighted by atomic mass is 9.80. The van der Waals surface area contributed by atoms with Gasteiger partial charge < -0.3 is 14.7 Å². The molecule has 0 saturated heterocycles. The van der Waals surface area contributed by atoms with Crippen molar-refractivity contribution < 1.29 is 19.5 Å². The Morgan fingerprint density at radius 1 is 0.750 bits per heavy atom. The standard InChI is InChI=1S/C10H16O3.C10H18O/c1-7(11)6-8-2-4-9(5-3-8)10(12)13;1-8-3-5-10(6-4-8)7-9(2)11/h8-9H,2-6H2,1H3,(H,12,13);8,10H,3-7H2,1-2H3. The quantitative estimate of drug-likeness (QED) is 0.792. The normalized spacial score (nSPS) is 30.0. The molecular formula is C20H34O4. The lowest BCUT2D eigenvalue weighted by Crippen LogP contribution is -2.22. The van der Waals surface area contributed by atoms with Crippen LogP contribution in [0, 0.1) is 23.7 Å². The molecule has 2 aliphatic carbocycles. The predicted octanol–water partition coefficient (Wildman–Crippen LogP) is 4.65. The molecule has 0 aromatic rings. The lowest BCUT2D eigenvalue weighted by Gasteiger charge is -2.25. The number of hydrogen-bond donors (Lipinski definition) is 1. The van der Waals surface area contributed by atoms with Crippen LogP contribution in [0.15, 0.2) is 0 Å². The molecule has 0 radical (unpaired) electrons. The van der Waals surface area contributed by atoms with Gasteiger partial charge in [-0.25, -0.2) is 0 Å². The summed E-state index contributed by atoms with van der Waals surface area (Å²) in [6.07, 6.45) is 9.96. The Kier molecular flexibility index (Phi) is 9.24. The van der Waals surface area contributed by atoms with E-state index in [0.29, 0.717) is 24.0 Å². The van der Waals surface area contributed by atoms with E-state index < -0.39 is 5.97 Å². The van der Waals surface area contributed by atoms with Gasteiger partial charge in [0.05, 0.1) is 5.92 Å². The van der Waals surface area contributed by atoms with Crippen LogP contribution in [-0.4, -0.2) is 22.6 Å². The minimum Gasteiger partial charge on any atom is -0.481 e. The second kappa shape index (κ2) is 10.6. The van der Waals surface area contributed by atoms with Gasteiger partial charge in [-0.2, -0.15) is 0 Å². The van der Waals surface area contributed by atoms with Crippen LogP contribution in [0.4, 0.5) is 0 Å². The van der Waals surface area contributed by atoms with Gasteiger partial charge >= 0.3 is 5.97 Å². The van der Waals surface area contributed by atoms with E-state index in [1.54, 1.807) is 13.8 Å². The first-order valence-electron chi connectivity index (χ1n) is 9.49. The van der Waals surface area contributed by atoms with E-state index >= 15 is 0 Å². The van der Waals surface area contributed by atoms with Crippen molar-refractivity contribution in [3.63, 3.8) is 0 Å². The van der Waals surface area contributed by atoms with Gasteiger partial charge in [0.25, 0.3) is 0 Å². The summed E-state index contributed by atoms with van der Waals surface area (Å²) in [6.45, 7) is 5.62. The van der Waals surface area contributed by atoms with Crippen LogP contribution in [0.2, 0.25) is 0 Å². The van der Waals surface area contributed by atoms with Gasteiger partial charge in [0, 0.05) is 12.8 Å². The highest BCUT2D eigenvalue weighted by molar-refractivity contribution is 5.76. The van der Waals surface area contributed by atoms with Crippen molar-refractivity contribution in [2.24, 2.45) is 23.7 Å². The summed E-state index contributed by atoms with van der Waals surface area (Å²) in [6, 6.07) is 0. The van der Waals surface area contributed by atoms with Crippen molar-refractivity contribution in [2.75, 3.05) is 0 Å². The Hall–Kier alpha value is -1.19. The first kappa shape index (κ1) is 20.9. The van der Waals surface area contributed by atoms with E-state index in [9.17, 15) is 14.4 Å². The molecule has 2 fully saturated rings. The van der Waals surface area contributed by atoms with Crippen molar-refractivity contribution in [1.29, 1.82) is 0 Å². The number of ketones is 2. The van der Waals surface area contributed by atoms with Gasteiger partial charge in [-0.3, -0.25) is 4.79 Å². The second-order valence-electron chi connectivity index (χ2n) is 7.99. The molecule has 2 aliphatic rings. The maximum Gasteiger partial charge on any atom is 0.306 e. The Morgan fingerprint density at radius 2 is 1.12 bits per heavy atom. The number of rotatable bonds is 5. The molecule has 0 unspecified atom stereocenters. The lowest BCUT2D eigenvalue weighted by molar-refractivity contribution is -0.143. The fourth-order valence-corrected chi connectivity index (χ4v) is 3.96. The zero-order valence-electron chi connectivity index (χ0n) is 15.6. The van der Waals surface area contributed by atoms with Gasteiger partial charge in [0.2, 0.25) is 0 Å². The number of carbonyl (C=O) groups is 3. The summed E-state index contributed by atoms with van der Waals surface area (Å²) >= 11 is 0. The van der Waals surface area contributed by atoms with E-state index in [1.807, 2.05) is 0 Å². The van der Waals surface area contributed by atoms with Crippen LogP contribution >= 0.6 is 0 Å². The van der Waals surface area contributed by atoms with Gasteiger partial charge in [-0.15, -0.1) is 0 Å². The summed E-state index contributed by atoms with van der Waals surface area (Å²) in [4.78, 5) is 32.2. The zero-order chi connectivity index (χ0) is 18.1. The Balaban J connectivity index is 0.000000243. The van der Waals surface area contributed by atoms with Crippen LogP contribution in [0.1, 0.15) is 85.0 Å². The fourth-order valence-electron chi connectivity index (χ4n) is 3.96. The number of carboxylic acids is 1. The summed E-state index contributed by atoms with van der Waals surface area (Å²) in [5.74, 6) is 1.79. The topological polar surface area (TPSA) is 71.4 Å². The van der Waals surface area contributed by atoms with Crippen molar-refractivity contribution in [1.82, 2.24) is 0 Å². The molecule has 1 N–H and O–H groups in total. The highest BCUT2D eigenvalue weighted by atomic mass is 16.4. The first-order valence-corrected chi connectivity index (χ1v) is 9.49. The second-order valence-corrected chi connectivity index (χ2v) is 7.99. The highest BCUT2D eigenvalue weighted by Crippen LogP contribution is 2.31. The van der Waals surface area contributed by atoms with Crippen molar-refractivity contribution in [3.8, 4) is 0 Å². The maximum absolute atomic E-state index is 10.8. The van der Waals surface area contributed by atoms with Crippen molar-refractivity contribution in [3.05, 3.63) is 0 Å². The Morgan fingerprint density at radius 3 is 1.46 bits per heavy atom. The SMILES string of the molecule is CC(=O)CC1CCC(C(=O)O)CC1.CC(=O)CC1CCC(C)CC1. The highest BCUT2D eigenvalue weighted by Gasteiger charge is 2.26. The molecule has 0 aliphatic heterocycles. The molecule has 0 atom stereocenters. The minimum absolute atomic E-state index is 0.164. The largest absolute Gasteiger partial charge is 0.481 e.